The molecule has 0 saturated carbocycles. The fourth-order valence-corrected chi connectivity index (χ4v) is 1.46. The SMILES string of the molecule is Cc1cc(Cl)ccc1-n1cnnc1. The Kier molecular flexibility index (Phi) is 2.02. The van der Waals surface area contributed by atoms with Gasteiger partial charge >= 0.3 is 0 Å². The lowest BCUT2D eigenvalue weighted by Crippen LogP contribution is -1.92. The lowest BCUT2D eigenvalue weighted by atomic mass is 10.2. The second kappa shape index (κ2) is 3.18. The predicted molar refractivity (Wildman–Crippen MR) is 51.1 cm³/mol. The maximum absolute atomic E-state index is 5.84. The molecule has 0 saturated heterocycles. The van der Waals surface area contributed by atoms with Crippen LogP contribution in [-0.4, -0.2) is 14.8 Å². The number of aryl methyl sites for hydroxylation is 1. The van der Waals surface area contributed by atoms with Crippen LogP contribution in [0.2, 0.25) is 5.02 Å². The third-order valence-corrected chi connectivity index (χ3v) is 2.09. The molecule has 1 aromatic carbocycles. The molecule has 3 nitrogen and oxygen atoms in total. The first-order chi connectivity index (χ1) is 6.27. The summed E-state index contributed by atoms with van der Waals surface area (Å²) >= 11 is 5.84. The van der Waals surface area contributed by atoms with Crippen LogP contribution < -0.4 is 0 Å². The van der Waals surface area contributed by atoms with Gasteiger partial charge in [0.25, 0.3) is 0 Å². The van der Waals surface area contributed by atoms with Crippen molar-refractivity contribution in [3.8, 4) is 5.69 Å². The van der Waals surface area contributed by atoms with Crippen LogP contribution in [0.5, 0.6) is 0 Å². The third-order valence-electron chi connectivity index (χ3n) is 1.86. The van der Waals surface area contributed by atoms with E-state index < -0.39 is 0 Å². The van der Waals surface area contributed by atoms with Gasteiger partial charge in [0, 0.05) is 5.02 Å². The second-order valence-electron chi connectivity index (χ2n) is 2.80. The summed E-state index contributed by atoms with van der Waals surface area (Å²) in [5.74, 6) is 0. The molecule has 0 atom stereocenters. The Balaban J connectivity index is 2.53. The summed E-state index contributed by atoms with van der Waals surface area (Å²) in [5, 5.41) is 8.23. The van der Waals surface area contributed by atoms with E-state index in [0.717, 1.165) is 16.3 Å². The van der Waals surface area contributed by atoms with Crippen LogP contribution in [0.15, 0.2) is 30.9 Å². The van der Waals surface area contributed by atoms with Gasteiger partial charge in [-0.1, -0.05) is 11.6 Å². The van der Waals surface area contributed by atoms with E-state index in [4.69, 9.17) is 11.6 Å². The summed E-state index contributed by atoms with van der Waals surface area (Å²) in [6.45, 7) is 2.00. The van der Waals surface area contributed by atoms with Gasteiger partial charge in [-0.05, 0) is 30.7 Å². The van der Waals surface area contributed by atoms with Gasteiger partial charge in [0.05, 0.1) is 5.69 Å². The third kappa shape index (κ3) is 1.55. The van der Waals surface area contributed by atoms with Gasteiger partial charge in [0.1, 0.15) is 12.7 Å². The Bertz CT molecular complexity index is 409. The highest BCUT2D eigenvalue weighted by Gasteiger charge is 2.00. The molecule has 0 aliphatic heterocycles. The number of hydrogen-bond acceptors (Lipinski definition) is 2. The van der Waals surface area contributed by atoms with Crippen LogP contribution in [0.1, 0.15) is 5.56 Å². The van der Waals surface area contributed by atoms with E-state index in [1.165, 1.54) is 0 Å². The molecule has 0 unspecified atom stereocenters. The number of nitrogens with zero attached hydrogens (tertiary/aromatic N) is 3. The van der Waals surface area contributed by atoms with Crippen molar-refractivity contribution in [2.24, 2.45) is 0 Å². The fourth-order valence-electron chi connectivity index (χ4n) is 1.23. The van der Waals surface area contributed by atoms with E-state index in [1.807, 2.05) is 29.7 Å². The molecule has 2 aromatic rings. The molecule has 66 valence electrons. The minimum Gasteiger partial charge on any atom is -0.288 e. The molecule has 0 fully saturated rings. The molecule has 0 spiro atoms. The summed E-state index contributed by atoms with van der Waals surface area (Å²) < 4.78 is 1.85. The maximum atomic E-state index is 5.84. The molecule has 0 amide bonds. The van der Waals surface area contributed by atoms with Crippen molar-refractivity contribution < 1.29 is 0 Å². The van der Waals surface area contributed by atoms with E-state index in [2.05, 4.69) is 10.2 Å². The van der Waals surface area contributed by atoms with Crippen molar-refractivity contribution in [3.63, 3.8) is 0 Å². The number of hydrogen-bond donors (Lipinski definition) is 0. The summed E-state index contributed by atoms with van der Waals surface area (Å²) in [6.07, 6.45) is 3.33. The molecule has 1 aromatic heterocycles. The molecule has 0 aliphatic carbocycles. The summed E-state index contributed by atoms with van der Waals surface area (Å²) in [7, 11) is 0. The lowest BCUT2D eigenvalue weighted by Gasteiger charge is -2.04. The molecular formula is C9H8ClN3. The standard InChI is InChI=1S/C9H8ClN3/c1-7-4-8(10)2-3-9(7)13-5-11-12-6-13/h2-6H,1H3. The fraction of sp³-hybridized carbons (Fsp3) is 0.111. The first-order valence-electron chi connectivity index (χ1n) is 3.88. The average Bonchev–Trinajstić information content (AvgIpc) is 2.56. The molecular weight excluding hydrogens is 186 g/mol. The monoisotopic (exact) mass is 193 g/mol. The Hall–Kier alpha value is -1.35. The zero-order valence-corrected chi connectivity index (χ0v) is 7.86. The van der Waals surface area contributed by atoms with Crippen molar-refractivity contribution >= 4 is 11.6 Å². The molecule has 0 N–H and O–H groups in total. The molecule has 0 bridgehead atoms. The number of rotatable bonds is 1. The molecule has 0 radical (unpaired) electrons. The van der Waals surface area contributed by atoms with Gasteiger partial charge in [-0.25, -0.2) is 0 Å². The topological polar surface area (TPSA) is 30.7 Å². The minimum atomic E-state index is 0.745. The zero-order chi connectivity index (χ0) is 9.26. The van der Waals surface area contributed by atoms with Crippen LogP contribution in [0, 0.1) is 6.92 Å². The quantitative estimate of drug-likeness (QED) is 0.696. The minimum absolute atomic E-state index is 0.745. The van der Waals surface area contributed by atoms with E-state index in [-0.39, 0.29) is 0 Å². The highest BCUT2D eigenvalue weighted by Crippen LogP contribution is 2.17. The van der Waals surface area contributed by atoms with Crippen molar-refractivity contribution in [2.75, 3.05) is 0 Å². The van der Waals surface area contributed by atoms with E-state index in [9.17, 15) is 0 Å². The predicted octanol–water partition coefficient (Wildman–Crippen LogP) is 2.23. The number of halogens is 1. The number of aromatic nitrogens is 3. The number of benzene rings is 1. The van der Waals surface area contributed by atoms with Gasteiger partial charge in [-0.2, -0.15) is 0 Å². The lowest BCUT2D eigenvalue weighted by molar-refractivity contribution is 1.04. The van der Waals surface area contributed by atoms with E-state index >= 15 is 0 Å². The average molecular weight is 194 g/mol. The van der Waals surface area contributed by atoms with Gasteiger partial charge in [-0.15, -0.1) is 10.2 Å². The second-order valence-corrected chi connectivity index (χ2v) is 3.24. The highest BCUT2D eigenvalue weighted by molar-refractivity contribution is 6.30. The first-order valence-corrected chi connectivity index (χ1v) is 4.26. The van der Waals surface area contributed by atoms with E-state index in [0.29, 0.717) is 0 Å². The normalized spacial score (nSPS) is 10.3. The van der Waals surface area contributed by atoms with Gasteiger partial charge in [0.15, 0.2) is 0 Å². The van der Waals surface area contributed by atoms with Crippen molar-refractivity contribution in [3.05, 3.63) is 41.4 Å². The zero-order valence-electron chi connectivity index (χ0n) is 7.11. The molecule has 4 heteroatoms. The van der Waals surface area contributed by atoms with Crippen molar-refractivity contribution in [1.82, 2.24) is 14.8 Å². The van der Waals surface area contributed by atoms with Gasteiger partial charge in [0.2, 0.25) is 0 Å². The van der Waals surface area contributed by atoms with Crippen LogP contribution in [-0.2, 0) is 0 Å². The van der Waals surface area contributed by atoms with Crippen LogP contribution in [0.25, 0.3) is 5.69 Å². The molecule has 2 rings (SSSR count). The Morgan fingerprint density at radius 2 is 1.92 bits per heavy atom. The van der Waals surface area contributed by atoms with Gasteiger partial charge < -0.3 is 0 Å². The Morgan fingerprint density at radius 3 is 2.54 bits per heavy atom. The highest BCUT2D eigenvalue weighted by atomic mass is 35.5. The molecule has 1 heterocycles. The van der Waals surface area contributed by atoms with Crippen molar-refractivity contribution in [2.45, 2.75) is 6.92 Å². The summed E-state index contributed by atoms with van der Waals surface area (Å²) in [6, 6.07) is 5.71. The smallest absolute Gasteiger partial charge is 0.123 e. The van der Waals surface area contributed by atoms with Crippen LogP contribution in [0.3, 0.4) is 0 Å². The Morgan fingerprint density at radius 1 is 1.23 bits per heavy atom. The van der Waals surface area contributed by atoms with E-state index in [1.54, 1.807) is 12.7 Å². The van der Waals surface area contributed by atoms with Crippen LogP contribution >= 0.6 is 11.6 Å². The maximum Gasteiger partial charge on any atom is 0.123 e. The van der Waals surface area contributed by atoms with Crippen LogP contribution in [0.4, 0.5) is 0 Å². The first kappa shape index (κ1) is 8.26. The van der Waals surface area contributed by atoms with Gasteiger partial charge in [-0.3, -0.25) is 4.57 Å². The summed E-state index contributed by atoms with van der Waals surface area (Å²) in [4.78, 5) is 0. The Labute approximate surface area is 81.0 Å². The van der Waals surface area contributed by atoms with Crippen molar-refractivity contribution in [1.29, 1.82) is 0 Å². The molecule has 0 aliphatic rings. The largest absolute Gasteiger partial charge is 0.288 e. The molecule has 13 heavy (non-hydrogen) atoms. The summed E-state index contributed by atoms with van der Waals surface area (Å²) in [5.41, 5.74) is 2.15.